The summed E-state index contributed by atoms with van der Waals surface area (Å²) in [5.41, 5.74) is 1.86. The summed E-state index contributed by atoms with van der Waals surface area (Å²) >= 11 is 0. The topological polar surface area (TPSA) is 58.6 Å². The van der Waals surface area contributed by atoms with Crippen molar-refractivity contribution in [3.05, 3.63) is 59.9 Å². The Bertz CT molecular complexity index is 822. The summed E-state index contributed by atoms with van der Waals surface area (Å²) < 4.78 is 46.0. The fourth-order valence-corrected chi connectivity index (χ4v) is 4.41. The number of rotatable bonds is 7. The lowest BCUT2D eigenvalue weighted by molar-refractivity contribution is 0.0729. The van der Waals surface area contributed by atoms with Crippen LogP contribution in [-0.4, -0.2) is 45.6 Å². The van der Waals surface area contributed by atoms with E-state index >= 15 is 0 Å². The van der Waals surface area contributed by atoms with E-state index in [-0.39, 0.29) is 18.0 Å². The second-order valence-corrected chi connectivity index (χ2v) is 8.08. The van der Waals surface area contributed by atoms with Gasteiger partial charge in [0.1, 0.15) is 10.7 Å². The van der Waals surface area contributed by atoms with E-state index in [2.05, 4.69) is 17.4 Å². The van der Waals surface area contributed by atoms with Crippen LogP contribution in [0, 0.1) is 5.82 Å². The molecule has 0 amide bonds. The fourth-order valence-electron chi connectivity index (χ4n) is 2.91. The van der Waals surface area contributed by atoms with E-state index < -0.39 is 15.8 Å². The Morgan fingerprint density at radius 1 is 1.08 bits per heavy atom. The molecule has 0 aliphatic carbocycles. The van der Waals surface area contributed by atoms with Crippen molar-refractivity contribution in [3.63, 3.8) is 0 Å². The minimum absolute atomic E-state index is 0.247. The van der Waals surface area contributed by atoms with Crippen molar-refractivity contribution < 1.29 is 17.5 Å². The van der Waals surface area contributed by atoms with Crippen LogP contribution in [0.15, 0.2) is 53.4 Å². The summed E-state index contributed by atoms with van der Waals surface area (Å²) in [5, 5.41) is 3.18. The van der Waals surface area contributed by atoms with Gasteiger partial charge in [0.2, 0.25) is 10.0 Å². The van der Waals surface area contributed by atoms with Crippen LogP contribution in [0.5, 0.6) is 0 Å². The molecular formula is C19H23FN2O3S. The van der Waals surface area contributed by atoms with E-state index in [4.69, 9.17) is 4.74 Å². The van der Waals surface area contributed by atoms with Gasteiger partial charge in [0.15, 0.2) is 0 Å². The molecule has 0 saturated carbocycles. The van der Waals surface area contributed by atoms with Crippen LogP contribution in [0.3, 0.4) is 0 Å². The third-order valence-electron chi connectivity index (χ3n) is 4.33. The monoisotopic (exact) mass is 378 g/mol. The minimum Gasteiger partial charge on any atom is -0.385 e. The van der Waals surface area contributed by atoms with Gasteiger partial charge in [-0.05, 0) is 36.6 Å². The first kappa shape index (κ1) is 18.8. The van der Waals surface area contributed by atoms with Crippen molar-refractivity contribution in [3.8, 4) is 0 Å². The van der Waals surface area contributed by atoms with Gasteiger partial charge in [-0.2, -0.15) is 4.31 Å². The van der Waals surface area contributed by atoms with Crippen LogP contribution in [0.1, 0.15) is 12.0 Å². The zero-order valence-corrected chi connectivity index (χ0v) is 15.3. The van der Waals surface area contributed by atoms with E-state index in [1.165, 1.54) is 22.0 Å². The summed E-state index contributed by atoms with van der Waals surface area (Å²) in [7, 11) is -3.85. The summed E-state index contributed by atoms with van der Waals surface area (Å²) in [5.74, 6) is -0.730. The zero-order chi connectivity index (χ0) is 18.4. The number of nitrogens with zero attached hydrogens (tertiary/aromatic N) is 1. The fraction of sp³-hybridized carbons (Fsp3) is 0.368. The highest BCUT2D eigenvalue weighted by atomic mass is 32.2. The number of halogens is 1. The Morgan fingerprint density at radius 2 is 1.81 bits per heavy atom. The van der Waals surface area contributed by atoms with Crippen molar-refractivity contribution in [2.24, 2.45) is 0 Å². The predicted octanol–water partition coefficient (Wildman–Crippen LogP) is 2.89. The number of sulfonamides is 1. The van der Waals surface area contributed by atoms with Gasteiger partial charge in [-0.15, -0.1) is 0 Å². The van der Waals surface area contributed by atoms with Crippen molar-refractivity contribution >= 4 is 15.7 Å². The van der Waals surface area contributed by atoms with E-state index in [1.807, 2.05) is 18.2 Å². The highest BCUT2D eigenvalue weighted by molar-refractivity contribution is 7.89. The van der Waals surface area contributed by atoms with E-state index in [0.717, 1.165) is 12.8 Å². The minimum atomic E-state index is -3.85. The molecule has 0 radical (unpaired) electrons. The quantitative estimate of drug-likeness (QED) is 0.753. The number of hydrogen-bond acceptors (Lipinski definition) is 4. The van der Waals surface area contributed by atoms with Crippen LogP contribution >= 0.6 is 0 Å². The average molecular weight is 378 g/mol. The molecule has 7 heteroatoms. The second-order valence-electron chi connectivity index (χ2n) is 6.18. The smallest absolute Gasteiger partial charge is 0.246 e. The number of aryl methyl sites for hydroxylation is 1. The molecular weight excluding hydrogens is 355 g/mol. The highest BCUT2D eigenvalue weighted by Gasteiger charge is 2.29. The summed E-state index contributed by atoms with van der Waals surface area (Å²) in [6.07, 6.45) is 1.82. The number of benzene rings is 2. The first-order chi connectivity index (χ1) is 12.6. The average Bonchev–Trinajstić information content (AvgIpc) is 2.68. The Morgan fingerprint density at radius 3 is 2.54 bits per heavy atom. The molecule has 3 rings (SSSR count). The molecule has 1 heterocycles. The predicted molar refractivity (Wildman–Crippen MR) is 99.2 cm³/mol. The van der Waals surface area contributed by atoms with Crippen LogP contribution < -0.4 is 5.32 Å². The van der Waals surface area contributed by atoms with Crippen LogP contribution in [0.2, 0.25) is 0 Å². The molecule has 0 spiro atoms. The Balaban J connectivity index is 1.63. The molecule has 1 aliphatic rings. The van der Waals surface area contributed by atoms with Crippen molar-refractivity contribution in [2.75, 3.05) is 38.2 Å². The zero-order valence-electron chi connectivity index (χ0n) is 14.5. The molecule has 0 bridgehead atoms. The standard InChI is InChI=1S/C19H23FN2O3S/c20-18-9-8-17(21-10-4-7-16-5-2-1-3-6-16)15-19(18)26(23,24)22-11-13-25-14-12-22/h1-3,5-6,8-9,15,21H,4,7,10-14H2. The number of anilines is 1. The molecule has 1 saturated heterocycles. The number of ether oxygens (including phenoxy) is 1. The maximum absolute atomic E-state index is 14.2. The Labute approximate surface area is 153 Å². The number of morpholine rings is 1. The lowest BCUT2D eigenvalue weighted by atomic mass is 10.1. The molecule has 26 heavy (non-hydrogen) atoms. The molecule has 0 aromatic heterocycles. The molecule has 2 aromatic rings. The molecule has 1 fully saturated rings. The maximum Gasteiger partial charge on any atom is 0.246 e. The Kier molecular flexibility index (Phi) is 6.24. The molecule has 2 aromatic carbocycles. The third kappa shape index (κ3) is 4.60. The van der Waals surface area contributed by atoms with Crippen molar-refractivity contribution in [1.82, 2.24) is 4.31 Å². The summed E-state index contributed by atoms with van der Waals surface area (Å²) in [4.78, 5) is -0.285. The lowest BCUT2D eigenvalue weighted by Gasteiger charge is -2.26. The van der Waals surface area contributed by atoms with Gasteiger partial charge in [0, 0.05) is 25.3 Å². The first-order valence-corrected chi connectivity index (χ1v) is 10.2. The summed E-state index contributed by atoms with van der Waals surface area (Å²) in [6.45, 7) is 1.83. The number of nitrogens with one attached hydrogen (secondary N) is 1. The molecule has 5 nitrogen and oxygen atoms in total. The van der Waals surface area contributed by atoms with Crippen LogP contribution in [-0.2, 0) is 21.2 Å². The van der Waals surface area contributed by atoms with Crippen molar-refractivity contribution in [2.45, 2.75) is 17.7 Å². The SMILES string of the molecule is O=S(=O)(c1cc(NCCCc2ccccc2)ccc1F)N1CCOCC1. The molecule has 0 atom stereocenters. The van der Waals surface area contributed by atoms with E-state index in [1.54, 1.807) is 6.07 Å². The largest absolute Gasteiger partial charge is 0.385 e. The third-order valence-corrected chi connectivity index (χ3v) is 6.25. The van der Waals surface area contributed by atoms with Crippen LogP contribution in [0.25, 0.3) is 0 Å². The van der Waals surface area contributed by atoms with Crippen LogP contribution in [0.4, 0.5) is 10.1 Å². The highest BCUT2D eigenvalue weighted by Crippen LogP contribution is 2.24. The summed E-state index contributed by atoms with van der Waals surface area (Å²) in [6, 6.07) is 14.3. The molecule has 140 valence electrons. The maximum atomic E-state index is 14.2. The molecule has 0 unspecified atom stereocenters. The first-order valence-electron chi connectivity index (χ1n) is 8.72. The van der Waals surface area contributed by atoms with Gasteiger partial charge < -0.3 is 10.1 Å². The molecule has 1 N–H and O–H groups in total. The number of hydrogen-bond donors (Lipinski definition) is 1. The second kappa shape index (κ2) is 8.62. The van der Waals surface area contributed by atoms with Gasteiger partial charge in [-0.3, -0.25) is 0 Å². The van der Waals surface area contributed by atoms with E-state index in [0.29, 0.717) is 25.4 Å². The van der Waals surface area contributed by atoms with Gasteiger partial charge in [-0.1, -0.05) is 30.3 Å². The van der Waals surface area contributed by atoms with Gasteiger partial charge in [0.25, 0.3) is 0 Å². The lowest BCUT2D eigenvalue weighted by Crippen LogP contribution is -2.40. The Hall–Kier alpha value is -1.96. The van der Waals surface area contributed by atoms with Crippen molar-refractivity contribution in [1.29, 1.82) is 0 Å². The van der Waals surface area contributed by atoms with Gasteiger partial charge >= 0.3 is 0 Å². The van der Waals surface area contributed by atoms with Gasteiger partial charge in [0.05, 0.1) is 13.2 Å². The normalized spacial score (nSPS) is 15.7. The van der Waals surface area contributed by atoms with E-state index in [9.17, 15) is 12.8 Å². The van der Waals surface area contributed by atoms with Gasteiger partial charge in [-0.25, -0.2) is 12.8 Å². The molecule has 1 aliphatic heterocycles.